The van der Waals surface area contributed by atoms with Crippen molar-refractivity contribution in [3.63, 3.8) is 0 Å². The number of carboxylic acids is 1. The highest BCUT2D eigenvalue weighted by Crippen LogP contribution is 2.24. The largest absolute Gasteiger partial charge is 0.481 e. The first-order valence-electron chi connectivity index (χ1n) is 5.76. The summed E-state index contributed by atoms with van der Waals surface area (Å²) < 4.78 is 5.21. The number of nitrogens with one attached hydrogen (secondary N) is 1. The van der Waals surface area contributed by atoms with Gasteiger partial charge in [-0.2, -0.15) is 0 Å². The van der Waals surface area contributed by atoms with Crippen LogP contribution in [-0.4, -0.2) is 17.1 Å². The number of carboxylic acid groups (broad SMARTS) is 1. The van der Waals surface area contributed by atoms with Gasteiger partial charge in [0.1, 0.15) is 5.76 Å². The van der Waals surface area contributed by atoms with Gasteiger partial charge < -0.3 is 14.8 Å². The second-order valence-electron chi connectivity index (χ2n) is 4.30. The van der Waals surface area contributed by atoms with Crippen LogP contribution in [0.5, 0.6) is 0 Å². The Bertz CT molecular complexity index is 334. The van der Waals surface area contributed by atoms with Crippen molar-refractivity contribution in [2.75, 3.05) is 0 Å². The zero-order valence-electron chi connectivity index (χ0n) is 9.19. The van der Waals surface area contributed by atoms with Crippen molar-refractivity contribution in [2.45, 2.75) is 38.3 Å². The molecule has 2 N–H and O–H groups in total. The van der Waals surface area contributed by atoms with Gasteiger partial charge in [0.15, 0.2) is 0 Å². The Morgan fingerprint density at radius 3 is 3.00 bits per heavy atom. The highest BCUT2D eigenvalue weighted by Gasteiger charge is 2.30. The predicted molar refractivity (Wildman–Crippen MR) is 58.9 cm³/mol. The van der Waals surface area contributed by atoms with Gasteiger partial charge in [0, 0.05) is 6.04 Å². The summed E-state index contributed by atoms with van der Waals surface area (Å²) >= 11 is 0. The quantitative estimate of drug-likeness (QED) is 0.819. The minimum Gasteiger partial charge on any atom is -0.481 e. The molecule has 1 aliphatic rings. The van der Waals surface area contributed by atoms with Crippen molar-refractivity contribution in [1.29, 1.82) is 0 Å². The summed E-state index contributed by atoms with van der Waals surface area (Å²) in [6.45, 7) is 0.613. The van der Waals surface area contributed by atoms with Gasteiger partial charge in [0.25, 0.3) is 0 Å². The molecule has 0 unspecified atom stereocenters. The SMILES string of the molecule is O=C(O)[C@@H]1CCCC[C@H]1NCc1ccco1. The predicted octanol–water partition coefficient (Wildman–Crippen LogP) is 2.01. The molecule has 1 aromatic rings. The average Bonchev–Trinajstić information content (AvgIpc) is 2.79. The Morgan fingerprint density at radius 2 is 2.31 bits per heavy atom. The van der Waals surface area contributed by atoms with Gasteiger partial charge in [-0.1, -0.05) is 12.8 Å². The summed E-state index contributed by atoms with van der Waals surface area (Å²) in [6, 6.07) is 3.81. The summed E-state index contributed by atoms with van der Waals surface area (Å²) in [4.78, 5) is 11.1. The van der Waals surface area contributed by atoms with E-state index in [9.17, 15) is 4.79 Å². The van der Waals surface area contributed by atoms with E-state index in [-0.39, 0.29) is 12.0 Å². The van der Waals surface area contributed by atoms with Crippen molar-refractivity contribution >= 4 is 5.97 Å². The molecule has 0 bridgehead atoms. The van der Waals surface area contributed by atoms with E-state index in [1.807, 2.05) is 12.1 Å². The second kappa shape index (κ2) is 5.16. The molecule has 0 radical (unpaired) electrons. The van der Waals surface area contributed by atoms with E-state index in [0.717, 1.165) is 31.4 Å². The molecule has 1 fully saturated rings. The Morgan fingerprint density at radius 1 is 1.50 bits per heavy atom. The molecule has 1 aromatic heterocycles. The van der Waals surface area contributed by atoms with E-state index < -0.39 is 5.97 Å². The number of hydrogen-bond acceptors (Lipinski definition) is 3. The van der Waals surface area contributed by atoms with Gasteiger partial charge in [-0.3, -0.25) is 4.79 Å². The molecule has 0 saturated heterocycles. The highest BCUT2D eigenvalue weighted by atomic mass is 16.4. The topological polar surface area (TPSA) is 62.5 Å². The summed E-state index contributed by atoms with van der Waals surface area (Å²) in [6.07, 6.45) is 5.49. The third kappa shape index (κ3) is 2.64. The normalized spacial score (nSPS) is 25.5. The van der Waals surface area contributed by atoms with E-state index >= 15 is 0 Å². The number of hydrogen-bond donors (Lipinski definition) is 2. The summed E-state index contributed by atoms with van der Waals surface area (Å²) in [5, 5.41) is 12.4. The number of carbonyl (C=O) groups is 1. The molecule has 4 nitrogen and oxygen atoms in total. The third-order valence-corrected chi connectivity index (χ3v) is 3.20. The Kier molecular flexibility index (Phi) is 3.62. The van der Waals surface area contributed by atoms with Crippen LogP contribution >= 0.6 is 0 Å². The van der Waals surface area contributed by atoms with Crippen LogP contribution < -0.4 is 5.32 Å². The molecular weight excluding hydrogens is 206 g/mol. The van der Waals surface area contributed by atoms with Crippen molar-refractivity contribution in [3.8, 4) is 0 Å². The molecule has 16 heavy (non-hydrogen) atoms. The zero-order chi connectivity index (χ0) is 11.4. The maximum absolute atomic E-state index is 11.1. The van der Waals surface area contributed by atoms with Crippen LogP contribution in [0.2, 0.25) is 0 Å². The summed E-state index contributed by atoms with van der Waals surface area (Å²) in [7, 11) is 0. The highest BCUT2D eigenvalue weighted by molar-refractivity contribution is 5.71. The van der Waals surface area contributed by atoms with E-state index in [1.54, 1.807) is 6.26 Å². The Labute approximate surface area is 94.6 Å². The molecule has 0 aromatic carbocycles. The van der Waals surface area contributed by atoms with Crippen molar-refractivity contribution in [2.24, 2.45) is 5.92 Å². The average molecular weight is 223 g/mol. The molecule has 88 valence electrons. The molecule has 0 aliphatic heterocycles. The van der Waals surface area contributed by atoms with Gasteiger partial charge >= 0.3 is 5.97 Å². The monoisotopic (exact) mass is 223 g/mol. The first kappa shape index (κ1) is 11.2. The van der Waals surface area contributed by atoms with Gasteiger partial charge in [-0.15, -0.1) is 0 Å². The number of aliphatic carboxylic acids is 1. The van der Waals surface area contributed by atoms with Gasteiger partial charge in [-0.05, 0) is 25.0 Å². The van der Waals surface area contributed by atoms with Gasteiger partial charge in [0.2, 0.25) is 0 Å². The Balaban J connectivity index is 1.89. The molecular formula is C12H17NO3. The van der Waals surface area contributed by atoms with E-state index in [0.29, 0.717) is 6.54 Å². The van der Waals surface area contributed by atoms with E-state index in [4.69, 9.17) is 9.52 Å². The lowest BCUT2D eigenvalue weighted by atomic mass is 9.84. The zero-order valence-corrected chi connectivity index (χ0v) is 9.19. The molecule has 1 heterocycles. The Hall–Kier alpha value is -1.29. The number of rotatable bonds is 4. The van der Waals surface area contributed by atoms with E-state index in [2.05, 4.69) is 5.32 Å². The van der Waals surface area contributed by atoms with Crippen LogP contribution in [0.4, 0.5) is 0 Å². The summed E-state index contributed by atoms with van der Waals surface area (Å²) in [5.41, 5.74) is 0. The van der Waals surface area contributed by atoms with Gasteiger partial charge in [-0.25, -0.2) is 0 Å². The molecule has 0 spiro atoms. The minimum absolute atomic E-state index is 0.0800. The van der Waals surface area contributed by atoms with Crippen molar-refractivity contribution < 1.29 is 14.3 Å². The van der Waals surface area contributed by atoms with E-state index in [1.165, 1.54) is 0 Å². The maximum atomic E-state index is 11.1. The second-order valence-corrected chi connectivity index (χ2v) is 4.30. The molecule has 2 rings (SSSR count). The summed E-state index contributed by atoms with van der Waals surface area (Å²) in [5.74, 6) is -0.0740. The van der Waals surface area contributed by atoms with Crippen LogP contribution in [0.15, 0.2) is 22.8 Å². The van der Waals surface area contributed by atoms with Crippen LogP contribution in [-0.2, 0) is 11.3 Å². The lowest BCUT2D eigenvalue weighted by molar-refractivity contribution is -0.143. The lowest BCUT2D eigenvalue weighted by Crippen LogP contribution is -2.41. The minimum atomic E-state index is -0.684. The first-order chi connectivity index (χ1) is 7.77. The van der Waals surface area contributed by atoms with Crippen LogP contribution in [0.25, 0.3) is 0 Å². The maximum Gasteiger partial charge on any atom is 0.308 e. The molecule has 1 aliphatic carbocycles. The van der Waals surface area contributed by atoms with Crippen molar-refractivity contribution in [3.05, 3.63) is 24.2 Å². The third-order valence-electron chi connectivity index (χ3n) is 3.20. The van der Waals surface area contributed by atoms with Crippen LogP contribution in [0, 0.1) is 5.92 Å². The fourth-order valence-electron chi connectivity index (χ4n) is 2.32. The fourth-order valence-corrected chi connectivity index (χ4v) is 2.32. The van der Waals surface area contributed by atoms with Crippen molar-refractivity contribution in [1.82, 2.24) is 5.32 Å². The smallest absolute Gasteiger partial charge is 0.308 e. The first-order valence-corrected chi connectivity index (χ1v) is 5.76. The number of furan rings is 1. The fraction of sp³-hybridized carbons (Fsp3) is 0.583. The lowest BCUT2D eigenvalue weighted by Gasteiger charge is -2.29. The molecule has 4 heteroatoms. The standard InChI is InChI=1S/C12H17NO3/c14-12(15)10-5-1-2-6-11(10)13-8-9-4-3-7-16-9/h3-4,7,10-11,13H,1-2,5-6,8H2,(H,14,15)/t10-,11-/m1/s1. The van der Waals surface area contributed by atoms with Crippen LogP contribution in [0.3, 0.4) is 0 Å². The molecule has 0 amide bonds. The van der Waals surface area contributed by atoms with Gasteiger partial charge in [0.05, 0.1) is 18.7 Å². The molecule has 1 saturated carbocycles. The van der Waals surface area contributed by atoms with Crippen LogP contribution in [0.1, 0.15) is 31.4 Å². The molecule has 2 atom stereocenters.